The Morgan fingerprint density at radius 2 is 1.83 bits per heavy atom. The molecule has 0 unspecified atom stereocenters. The lowest BCUT2D eigenvalue weighted by atomic mass is 10.2. The van der Waals surface area contributed by atoms with Crippen LogP contribution in [0.5, 0.6) is 0 Å². The Morgan fingerprint density at radius 1 is 1.07 bits per heavy atom. The minimum atomic E-state index is -0.545. The molecule has 3 heterocycles. The summed E-state index contributed by atoms with van der Waals surface area (Å²) < 4.78 is 36.4. The van der Waals surface area contributed by atoms with Crippen LogP contribution in [-0.4, -0.2) is 45.8 Å². The molecule has 0 aliphatic carbocycles. The fourth-order valence-electron chi connectivity index (χ4n) is 3.66. The number of hydrogen-bond donors (Lipinski definition) is 1. The summed E-state index contributed by atoms with van der Waals surface area (Å²) in [5.74, 6) is 0.0568. The van der Waals surface area contributed by atoms with Gasteiger partial charge >= 0.3 is 0 Å². The molecular formula is C21H24F2N6O. The third-order valence-electron chi connectivity index (χ3n) is 5.04. The maximum Gasteiger partial charge on any atom is 0.227 e. The average Bonchev–Trinajstić information content (AvgIpc) is 3.12. The van der Waals surface area contributed by atoms with E-state index in [1.54, 1.807) is 18.3 Å². The lowest BCUT2D eigenvalue weighted by molar-refractivity contribution is 0.122. The Kier molecular flexibility index (Phi) is 5.63. The summed E-state index contributed by atoms with van der Waals surface area (Å²) in [6.45, 7) is 8.31. The molecule has 158 valence electrons. The van der Waals surface area contributed by atoms with Crippen molar-refractivity contribution in [3.05, 3.63) is 48.1 Å². The molecule has 0 radical (unpaired) electrons. The van der Waals surface area contributed by atoms with Crippen LogP contribution >= 0.6 is 0 Å². The van der Waals surface area contributed by atoms with E-state index in [0.29, 0.717) is 43.4 Å². The molecule has 1 N–H and O–H groups in total. The lowest BCUT2D eigenvalue weighted by Gasteiger charge is -2.29. The second kappa shape index (κ2) is 8.35. The van der Waals surface area contributed by atoms with Crippen molar-refractivity contribution in [3.8, 4) is 11.4 Å². The van der Waals surface area contributed by atoms with Gasteiger partial charge in [0.2, 0.25) is 5.95 Å². The molecule has 1 aliphatic heterocycles. The normalized spacial score (nSPS) is 14.4. The van der Waals surface area contributed by atoms with Gasteiger partial charge in [0, 0.05) is 24.8 Å². The zero-order valence-corrected chi connectivity index (χ0v) is 17.2. The topological polar surface area (TPSA) is 68.1 Å². The van der Waals surface area contributed by atoms with E-state index in [-0.39, 0.29) is 23.5 Å². The fraction of sp³-hybridized carbons (Fsp3) is 0.381. The number of nitrogens with one attached hydrogen (secondary N) is 1. The summed E-state index contributed by atoms with van der Waals surface area (Å²) in [7, 11) is 0. The van der Waals surface area contributed by atoms with Crippen LogP contribution in [0, 0.1) is 18.6 Å². The minimum Gasteiger partial charge on any atom is -0.378 e. The molecule has 0 spiro atoms. The highest BCUT2D eigenvalue weighted by Gasteiger charge is 2.19. The van der Waals surface area contributed by atoms with Crippen LogP contribution in [0.25, 0.3) is 11.4 Å². The number of anilines is 3. The summed E-state index contributed by atoms with van der Waals surface area (Å²) in [6.07, 6.45) is 2.71. The Balaban J connectivity index is 1.60. The quantitative estimate of drug-likeness (QED) is 0.678. The molecule has 0 saturated carbocycles. The molecule has 0 amide bonds. The van der Waals surface area contributed by atoms with Crippen molar-refractivity contribution in [2.75, 3.05) is 36.5 Å². The third kappa shape index (κ3) is 3.97. The van der Waals surface area contributed by atoms with Gasteiger partial charge < -0.3 is 19.5 Å². The number of ether oxygens (including phenoxy) is 1. The molecular weight excluding hydrogens is 390 g/mol. The number of nitrogens with zero attached hydrogens (tertiary/aromatic N) is 5. The number of hydrogen-bond acceptors (Lipinski definition) is 6. The Hall–Kier alpha value is -3.07. The van der Waals surface area contributed by atoms with Crippen LogP contribution in [-0.2, 0) is 4.74 Å². The van der Waals surface area contributed by atoms with Crippen molar-refractivity contribution in [2.24, 2.45) is 0 Å². The first-order chi connectivity index (χ1) is 14.4. The maximum atomic E-state index is 14.7. The lowest BCUT2D eigenvalue weighted by Crippen LogP contribution is -2.36. The van der Waals surface area contributed by atoms with Gasteiger partial charge in [-0.25, -0.2) is 23.7 Å². The van der Waals surface area contributed by atoms with E-state index < -0.39 is 5.82 Å². The van der Waals surface area contributed by atoms with Crippen molar-refractivity contribution in [1.82, 2.24) is 19.5 Å². The monoisotopic (exact) mass is 414 g/mol. The van der Waals surface area contributed by atoms with E-state index in [0.717, 1.165) is 12.0 Å². The number of imidazole rings is 1. The Labute approximate surface area is 173 Å². The molecule has 3 aromatic rings. The first kappa shape index (κ1) is 20.2. The molecule has 9 heteroatoms. The molecule has 1 aliphatic rings. The fourth-order valence-corrected chi connectivity index (χ4v) is 3.66. The van der Waals surface area contributed by atoms with Gasteiger partial charge in [0.05, 0.1) is 37.0 Å². The van der Waals surface area contributed by atoms with Crippen molar-refractivity contribution in [1.29, 1.82) is 0 Å². The van der Waals surface area contributed by atoms with Crippen LogP contribution in [0.1, 0.15) is 25.7 Å². The van der Waals surface area contributed by atoms with E-state index in [1.807, 2.05) is 30.2 Å². The smallest absolute Gasteiger partial charge is 0.227 e. The van der Waals surface area contributed by atoms with E-state index in [2.05, 4.69) is 20.3 Å². The second-order valence-corrected chi connectivity index (χ2v) is 7.44. The predicted molar refractivity (Wildman–Crippen MR) is 111 cm³/mol. The number of benzene rings is 1. The Bertz CT molecular complexity index is 1050. The zero-order valence-electron chi connectivity index (χ0n) is 17.2. The molecule has 1 saturated heterocycles. The molecule has 1 fully saturated rings. The second-order valence-electron chi connectivity index (χ2n) is 7.44. The number of aromatic nitrogens is 4. The van der Waals surface area contributed by atoms with Gasteiger partial charge in [-0.3, -0.25) is 0 Å². The first-order valence-corrected chi connectivity index (χ1v) is 9.90. The SMILES string of the molecule is Cc1ncc(-c2nc(Nc3ccc(N4CCOCC4)c(F)c3)ncc2F)n1C(C)C. The number of morpholine rings is 1. The van der Waals surface area contributed by atoms with Gasteiger partial charge in [0.1, 0.15) is 17.3 Å². The van der Waals surface area contributed by atoms with E-state index in [9.17, 15) is 8.78 Å². The Morgan fingerprint density at radius 3 is 2.53 bits per heavy atom. The van der Waals surface area contributed by atoms with Gasteiger partial charge in [-0.15, -0.1) is 0 Å². The summed E-state index contributed by atoms with van der Waals surface area (Å²) in [5, 5.41) is 2.97. The van der Waals surface area contributed by atoms with Crippen molar-refractivity contribution in [3.63, 3.8) is 0 Å². The third-order valence-corrected chi connectivity index (χ3v) is 5.04. The molecule has 1 aromatic carbocycles. The number of halogens is 2. The van der Waals surface area contributed by atoms with Crippen molar-refractivity contribution in [2.45, 2.75) is 26.8 Å². The van der Waals surface area contributed by atoms with Crippen molar-refractivity contribution >= 4 is 17.3 Å². The average molecular weight is 414 g/mol. The van der Waals surface area contributed by atoms with Crippen LogP contribution in [0.3, 0.4) is 0 Å². The van der Waals surface area contributed by atoms with Crippen LogP contribution < -0.4 is 10.2 Å². The zero-order chi connectivity index (χ0) is 21.3. The van der Waals surface area contributed by atoms with Crippen LogP contribution in [0.4, 0.5) is 26.1 Å². The van der Waals surface area contributed by atoms with Gasteiger partial charge in [-0.2, -0.15) is 0 Å². The molecule has 4 rings (SSSR count). The largest absolute Gasteiger partial charge is 0.378 e. The summed E-state index contributed by atoms with van der Waals surface area (Å²) in [5.41, 5.74) is 1.72. The molecule has 30 heavy (non-hydrogen) atoms. The van der Waals surface area contributed by atoms with Gasteiger partial charge in [-0.1, -0.05) is 0 Å². The summed E-state index contributed by atoms with van der Waals surface area (Å²) in [4.78, 5) is 14.6. The highest BCUT2D eigenvalue weighted by molar-refractivity contribution is 5.63. The highest BCUT2D eigenvalue weighted by atomic mass is 19.1. The standard InChI is InChI=1S/C21H24F2N6O/c1-13(2)29-14(3)24-12-19(29)20-17(23)11-25-21(27-20)26-15-4-5-18(16(22)10-15)28-6-8-30-9-7-28/h4-5,10-13H,6-9H2,1-3H3,(H,25,26,27). The predicted octanol–water partition coefficient (Wildman–Crippen LogP) is 4.09. The summed E-state index contributed by atoms with van der Waals surface area (Å²) in [6, 6.07) is 4.95. The van der Waals surface area contributed by atoms with Gasteiger partial charge in [0.15, 0.2) is 5.82 Å². The van der Waals surface area contributed by atoms with E-state index in [1.165, 1.54) is 6.07 Å². The van der Waals surface area contributed by atoms with Gasteiger partial charge in [-0.05, 0) is 39.0 Å². The van der Waals surface area contributed by atoms with Crippen LogP contribution in [0.15, 0.2) is 30.6 Å². The molecule has 0 bridgehead atoms. The highest BCUT2D eigenvalue weighted by Crippen LogP contribution is 2.28. The minimum absolute atomic E-state index is 0.0927. The molecule has 7 nitrogen and oxygen atoms in total. The first-order valence-electron chi connectivity index (χ1n) is 9.90. The number of aryl methyl sites for hydroxylation is 1. The van der Waals surface area contributed by atoms with Crippen molar-refractivity contribution < 1.29 is 13.5 Å². The van der Waals surface area contributed by atoms with E-state index >= 15 is 0 Å². The molecule has 2 aromatic heterocycles. The molecule has 0 atom stereocenters. The van der Waals surface area contributed by atoms with E-state index in [4.69, 9.17) is 4.74 Å². The van der Waals surface area contributed by atoms with Gasteiger partial charge in [0.25, 0.3) is 0 Å². The maximum absolute atomic E-state index is 14.7. The summed E-state index contributed by atoms with van der Waals surface area (Å²) >= 11 is 0. The van der Waals surface area contributed by atoms with Crippen LogP contribution in [0.2, 0.25) is 0 Å². The number of rotatable bonds is 5.